The Hall–Kier alpha value is -11.7. The third kappa shape index (κ3) is 20.1. The molecule has 34 nitrogen and oxygen atoms in total. The molecule has 0 aromatic carbocycles. The average molecular weight is 1820 g/mol. The molecule has 12 aromatic heterocycles. The minimum atomic E-state index is -0.158. The van der Waals surface area contributed by atoms with E-state index in [9.17, 15) is 19.2 Å². The molecule has 0 amide bonds. The number of nitrogens with zero attached hydrogens (tertiary/aromatic N) is 22. The number of hydrogen-bond donors (Lipinski definition) is 4. The predicted octanol–water partition coefficient (Wildman–Crippen LogP) is 15.3. The molecule has 20 rings (SSSR count). The monoisotopic (exact) mass is 1820 g/mol. The number of aromatic nitrogens is 20. The smallest absolute Gasteiger partial charge is 0.277 e. The number of aryl methyl sites for hydroxylation is 4. The Labute approximate surface area is 777 Å². The lowest BCUT2D eigenvalue weighted by Crippen LogP contribution is -2.42. The summed E-state index contributed by atoms with van der Waals surface area (Å²) in [5.41, 5.74) is 8.64. The summed E-state index contributed by atoms with van der Waals surface area (Å²) in [6, 6.07) is 16.7. The lowest BCUT2D eigenvalue weighted by atomic mass is 9.86. The van der Waals surface area contributed by atoms with Gasteiger partial charge in [0.05, 0.1) is 79.5 Å². The van der Waals surface area contributed by atoms with Crippen molar-refractivity contribution in [2.45, 2.75) is 237 Å². The normalized spacial score (nSPS) is 18.3. The van der Waals surface area contributed by atoms with Gasteiger partial charge in [-0.1, -0.05) is 104 Å². The molecular weight excluding hydrogens is 1680 g/mol. The van der Waals surface area contributed by atoms with Crippen LogP contribution in [0.3, 0.4) is 0 Å². The van der Waals surface area contributed by atoms with E-state index >= 15 is 0 Å². The molecule has 0 radical (unpaired) electrons. The van der Waals surface area contributed by atoms with Gasteiger partial charge in [-0.25, -0.2) is 34.0 Å². The summed E-state index contributed by atoms with van der Waals surface area (Å²) in [6.07, 6.45) is 33.7. The van der Waals surface area contributed by atoms with Gasteiger partial charge in [0.2, 0.25) is 23.5 Å². The number of methoxy groups -OCH3 is 4. The molecule has 4 aliphatic heterocycles. The third-order valence-electron chi connectivity index (χ3n) is 29.6. The van der Waals surface area contributed by atoms with E-state index in [0.29, 0.717) is 137 Å². The van der Waals surface area contributed by atoms with Gasteiger partial charge >= 0.3 is 0 Å². The SMILES string of the molecule is CCC1CCN(c2ccc(-c3nc4c(C)nn(C5CCCCC5)c4c(=O)[nH]3)c(OC)n2)CC1.CCC1CCN(c2ccc(-c3nc4c(c(C5CCCCC5)nn4C)c(=O)[nH]3)c(OC)n2)CC1.COc1nc(N2CCC(N(C)C)CC2)ccc1-c1nc2c(c(C3CCCCC3)nn2C)c(=O)[nH]1.COc1nc(N2CCCN(C)CC2)ccc1-c1nc2c(c(C3CCCCC3)nn2C)c(=O)[nH]1. The maximum absolute atomic E-state index is 13.2. The minimum absolute atomic E-state index is 0.142. The highest BCUT2D eigenvalue weighted by Gasteiger charge is 2.34. The zero-order valence-corrected chi connectivity index (χ0v) is 80.3. The molecule has 12 aromatic rings. The first kappa shape index (κ1) is 93.1. The standard InChI is InChI=1S/C25H35N7O2.2C25H34N6O2.C24H33N7O2/c1-30(2)17-12-14-32(15-13-17)19-11-10-18(25(26-19)34-4)22-27-23-20(24(33)28-22)21(29-31(23)3)16-8-6-5-7-9-16;1-4-16-12-14-31(15-13-16)19-11-10-18(25(26-19)33-3)22-27-23-20(24(32)28-22)21(29-30(23)2)17-8-6-5-7-9-17;1-4-17-12-14-30(15-13-17)20-11-10-19(25(26-20)33-3)23-27-21-16(2)29-31(22(21)24(32)28-23)18-8-6-5-7-9-18;1-29-12-7-13-31(15-14-29)18-11-10-17(24(25-18)33-3)21-26-22-19(23(32)27-21)20(28-30(22)2)16-8-5-4-6-9-16/h10-11,16-17H,5-9,12-15H2,1-4H3,(H,27,28,33);10-11,16-17H,4-9,12-15H2,1-3H3,(H,27,28,32);10-11,17-18H,4-9,12-15H2,1-3H3,(H,27,28,32);10-11,16H,4-9,12-15H2,1-3H3,(H,26,27,32). The van der Waals surface area contributed by atoms with E-state index < -0.39 is 0 Å². The van der Waals surface area contributed by atoms with Crippen LogP contribution >= 0.6 is 0 Å². The second-order valence-corrected chi connectivity index (χ2v) is 38.2. The number of aromatic amines is 4. The molecule has 0 unspecified atom stereocenters. The number of hydrogen-bond acceptors (Lipinski definition) is 26. The van der Waals surface area contributed by atoms with E-state index in [1.54, 1.807) is 42.5 Å². The number of likely N-dealkylation sites (N-methyl/N-ethyl adjacent to an activating group) is 1. The average Bonchev–Trinajstić information content (AvgIpc) is 1.65. The molecular formula is C99H136N26O8. The highest BCUT2D eigenvalue weighted by atomic mass is 16.5. The van der Waals surface area contributed by atoms with Gasteiger partial charge in [-0.15, -0.1) is 0 Å². The van der Waals surface area contributed by atoms with Crippen molar-refractivity contribution in [2.75, 3.05) is 135 Å². The summed E-state index contributed by atoms with van der Waals surface area (Å²) < 4.78 is 29.7. The van der Waals surface area contributed by atoms with Gasteiger partial charge in [-0.05, 0) is 191 Å². The second kappa shape index (κ2) is 41.8. The fourth-order valence-corrected chi connectivity index (χ4v) is 21.6. The van der Waals surface area contributed by atoms with Crippen LogP contribution in [0, 0.1) is 18.8 Å². The van der Waals surface area contributed by atoms with Gasteiger partial charge in [0, 0.05) is 104 Å². The van der Waals surface area contributed by atoms with Crippen LogP contribution in [-0.2, 0) is 21.1 Å². The number of anilines is 4. The van der Waals surface area contributed by atoms with E-state index in [1.807, 2.05) is 81.3 Å². The molecule has 4 N–H and O–H groups in total. The van der Waals surface area contributed by atoms with Crippen molar-refractivity contribution in [3.8, 4) is 69.1 Å². The van der Waals surface area contributed by atoms with Crippen LogP contribution in [0.25, 0.3) is 89.7 Å². The van der Waals surface area contributed by atoms with Gasteiger partial charge in [0.15, 0.2) is 22.5 Å². The first-order valence-corrected chi connectivity index (χ1v) is 49.1. The number of ether oxygens (including phenoxy) is 4. The van der Waals surface area contributed by atoms with Crippen LogP contribution in [0.15, 0.2) is 67.7 Å². The minimum Gasteiger partial charge on any atom is -0.480 e. The molecule has 4 saturated heterocycles. The second-order valence-electron chi connectivity index (χ2n) is 38.2. The molecule has 8 aliphatic rings. The van der Waals surface area contributed by atoms with E-state index in [2.05, 4.69) is 84.3 Å². The Balaban J connectivity index is 0.000000124. The summed E-state index contributed by atoms with van der Waals surface area (Å²) in [7, 11) is 18.5. The molecule has 8 fully saturated rings. The summed E-state index contributed by atoms with van der Waals surface area (Å²) in [5.74, 6) is 9.93. The quantitative estimate of drug-likeness (QED) is 0.0584. The Morgan fingerprint density at radius 1 is 0.353 bits per heavy atom. The molecule has 133 heavy (non-hydrogen) atoms. The number of pyridine rings is 4. The summed E-state index contributed by atoms with van der Waals surface area (Å²) in [5, 5.41) is 20.7. The van der Waals surface area contributed by atoms with Gasteiger partial charge in [-0.2, -0.15) is 40.3 Å². The maximum atomic E-state index is 13.2. The molecule has 16 heterocycles. The number of rotatable bonds is 19. The highest BCUT2D eigenvalue weighted by molar-refractivity contribution is 5.84. The van der Waals surface area contributed by atoms with E-state index in [1.165, 1.54) is 116 Å². The Bertz CT molecular complexity index is 6110. The lowest BCUT2D eigenvalue weighted by molar-refractivity contribution is 0.249. The lowest BCUT2D eigenvalue weighted by Gasteiger charge is -2.35. The Morgan fingerprint density at radius 2 is 0.677 bits per heavy atom. The fraction of sp³-hybridized carbons (Fsp3) is 0.596. The van der Waals surface area contributed by atoms with E-state index in [0.717, 1.165) is 194 Å². The van der Waals surface area contributed by atoms with Crippen LogP contribution in [0.1, 0.15) is 247 Å². The van der Waals surface area contributed by atoms with Crippen LogP contribution in [0.4, 0.5) is 23.3 Å². The van der Waals surface area contributed by atoms with E-state index in [-0.39, 0.29) is 28.3 Å². The Morgan fingerprint density at radius 3 is 1.02 bits per heavy atom. The van der Waals surface area contributed by atoms with Gasteiger partial charge in [-0.3, -0.25) is 23.9 Å². The number of fused-ring (bicyclic) bond motifs is 4. The van der Waals surface area contributed by atoms with Crippen molar-refractivity contribution in [3.63, 3.8) is 0 Å². The predicted molar refractivity (Wildman–Crippen MR) is 523 cm³/mol. The van der Waals surface area contributed by atoms with Crippen molar-refractivity contribution in [1.82, 2.24) is 109 Å². The number of piperidine rings is 3. The van der Waals surface area contributed by atoms with Gasteiger partial charge < -0.3 is 68.3 Å². The third-order valence-corrected chi connectivity index (χ3v) is 29.6. The highest BCUT2D eigenvalue weighted by Crippen LogP contribution is 2.42. The first-order valence-electron chi connectivity index (χ1n) is 49.1. The molecule has 34 heteroatoms. The maximum Gasteiger partial charge on any atom is 0.277 e. The van der Waals surface area contributed by atoms with Gasteiger partial charge in [0.1, 0.15) is 68.2 Å². The van der Waals surface area contributed by atoms with Crippen LogP contribution in [0.5, 0.6) is 23.5 Å². The van der Waals surface area contributed by atoms with Crippen LogP contribution < -0.4 is 60.8 Å². The molecule has 0 atom stereocenters. The first-order chi connectivity index (χ1) is 64.7. The topological polar surface area (TPSA) is 362 Å². The van der Waals surface area contributed by atoms with Crippen molar-refractivity contribution >= 4 is 67.4 Å². The number of nitrogens with one attached hydrogen (secondary N) is 4. The summed E-state index contributed by atoms with van der Waals surface area (Å²) in [6.45, 7) is 16.4. The van der Waals surface area contributed by atoms with Crippen molar-refractivity contribution in [2.24, 2.45) is 33.0 Å². The zero-order chi connectivity index (χ0) is 92.7. The molecule has 0 bridgehead atoms. The van der Waals surface area contributed by atoms with Gasteiger partial charge in [0.25, 0.3) is 22.2 Å². The molecule has 710 valence electrons. The van der Waals surface area contributed by atoms with E-state index in [4.69, 9.17) is 79.2 Å². The Kier molecular flexibility index (Phi) is 29.3. The molecule has 0 spiro atoms. The molecule has 4 aliphatic carbocycles. The summed E-state index contributed by atoms with van der Waals surface area (Å²) in [4.78, 5) is 117. The zero-order valence-electron chi connectivity index (χ0n) is 80.3. The molecule has 4 saturated carbocycles. The summed E-state index contributed by atoms with van der Waals surface area (Å²) >= 11 is 0. The van der Waals surface area contributed by atoms with Crippen LogP contribution in [0.2, 0.25) is 0 Å². The van der Waals surface area contributed by atoms with Crippen LogP contribution in [-0.4, -0.2) is 230 Å². The van der Waals surface area contributed by atoms with Crippen molar-refractivity contribution in [1.29, 1.82) is 0 Å². The fourth-order valence-electron chi connectivity index (χ4n) is 21.6. The number of H-pyrrole nitrogens is 4. The largest absolute Gasteiger partial charge is 0.480 e. The van der Waals surface area contributed by atoms with Crippen molar-refractivity contribution < 1.29 is 18.9 Å². The van der Waals surface area contributed by atoms with Crippen molar-refractivity contribution in [3.05, 3.63) is 113 Å².